The third-order valence-electron chi connectivity index (χ3n) is 3.23. The predicted octanol–water partition coefficient (Wildman–Crippen LogP) is 3.39. The molecular formula is C14H13ClF3NO3S2. The second-order valence-electron chi connectivity index (χ2n) is 4.90. The SMILES string of the molecule is O=S(=O)(NC(CO)[C@H](c1ccccc1)C(F)(F)F)c1ccc(Cl)s1. The van der Waals surface area contributed by atoms with Gasteiger partial charge in [0.2, 0.25) is 10.0 Å². The number of rotatable bonds is 6. The van der Waals surface area contributed by atoms with Gasteiger partial charge in [0.15, 0.2) is 0 Å². The Hall–Kier alpha value is -1.13. The summed E-state index contributed by atoms with van der Waals surface area (Å²) in [6.07, 6.45) is -4.75. The fraction of sp³-hybridized carbons (Fsp3) is 0.286. The molecule has 1 heterocycles. The van der Waals surface area contributed by atoms with E-state index in [1.54, 1.807) is 6.07 Å². The van der Waals surface area contributed by atoms with Crippen molar-refractivity contribution in [3.05, 3.63) is 52.4 Å². The average molecular weight is 400 g/mol. The van der Waals surface area contributed by atoms with Gasteiger partial charge in [-0.25, -0.2) is 13.1 Å². The van der Waals surface area contributed by atoms with E-state index in [9.17, 15) is 26.7 Å². The lowest BCUT2D eigenvalue weighted by Crippen LogP contribution is -2.46. The molecule has 0 aliphatic rings. The highest BCUT2D eigenvalue weighted by molar-refractivity contribution is 7.91. The van der Waals surface area contributed by atoms with Crippen molar-refractivity contribution in [3.63, 3.8) is 0 Å². The normalized spacial score (nSPS) is 15.2. The van der Waals surface area contributed by atoms with Crippen LogP contribution in [0.3, 0.4) is 0 Å². The number of sulfonamides is 1. The zero-order valence-electron chi connectivity index (χ0n) is 12.0. The first-order valence-electron chi connectivity index (χ1n) is 6.65. The van der Waals surface area contributed by atoms with Crippen LogP contribution >= 0.6 is 22.9 Å². The molecule has 1 unspecified atom stereocenters. The maximum absolute atomic E-state index is 13.5. The molecule has 0 bridgehead atoms. The van der Waals surface area contributed by atoms with Gasteiger partial charge in [0.1, 0.15) is 4.21 Å². The summed E-state index contributed by atoms with van der Waals surface area (Å²) in [5, 5.41) is 9.39. The molecule has 0 radical (unpaired) electrons. The van der Waals surface area contributed by atoms with Crippen LogP contribution in [0.15, 0.2) is 46.7 Å². The number of aliphatic hydroxyl groups is 1. The Morgan fingerprint density at radius 2 is 1.79 bits per heavy atom. The minimum absolute atomic E-state index is 0.143. The molecule has 2 atom stereocenters. The molecule has 24 heavy (non-hydrogen) atoms. The Balaban J connectivity index is 2.37. The zero-order chi connectivity index (χ0) is 18.0. The Morgan fingerprint density at radius 3 is 2.25 bits per heavy atom. The van der Waals surface area contributed by atoms with Gasteiger partial charge in [-0.15, -0.1) is 11.3 Å². The van der Waals surface area contributed by atoms with Crippen molar-refractivity contribution >= 4 is 33.0 Å². The summed E-state index contributed by atoms with van der Waals surface area (Å²) in [5.41, 5.74) is -0.143. The van der Waals surface area contributed by atoms with Crippen molar-refractivity contribution < 1.29 is 26.7 Å². The molecule has 0 fully saturated rings. The maximum atomic E-state index is 13.5. The molecule has 132 valence electrons. The summed E-state index contributed by atoms with van der Waals surface area (Å²) in [6, 6.07) is 7.59. The smallest absolute Gasteiger partial charge is 0.395 e. The Morgan fingerprint density at radius 1 is 1.17 bits per heavy atom. The van der Waals surface area contributed by atoms with E-state index >= 15 is 0 Å². The Labute approximate surface area is 145 Å². The summed E-state index contributed by atoms with van der Waals surface area (Å²) >= 11 is 6.38. The summed E-state index contributed by atoms with van der Waals surface area (Å²) < 4.78 is 66.8. The van der Waals surface area contributed by atoms with Crippen LogP contribution in [0.2, 0.25) is 4.34 Å². The standard InChI is InChI=1S/C14H13ClF3NO3S2/c15-11-6-7-12(23-11)24(21,22)19-10(8-20)13(14(16,17)18)9-4-2-1-3-5-9/h1-7,10,13,19-20H,8H2/t10?,13-/m0/s1. The van der Waals surface area contributed by atoms with Gasteiger partial charge in [-0.1, -0.05) is 41.9 Å². The first kappa shape index (κ1) is 19.2. The zero-order valence-corrected chi connectivity index (χ0v) is 14.4. The third kappa shape index (κ3) is 4.48. The lowest BCUT2D eigenvalue weighted by Gasteiger charge is -2.28. The van der Waals surface area contributed by atoms with Gasteiger partial charge in [0.25, 0.3) is 0 Å². The lowest BCUT2D eigenvalue weighted by molar-refractivity contribution is -0.158. The minimum atomic E-state index is -4.75. The highest BCUT2D eigenvalue weighted by atomic mass is 35.5. The molecule has 0 amide bonds. The van der Waals surface area contributed by atoms with Gasteiger partial charge in [-0.2, -0.15) is 13.2 Å². The van der Waals surface area contributed by atoms with Crippen molar-refractivity contribution in [1.82, 2.24) is 4.72 Å². The van der Waals surface area contributed by atoms with E-state index in [-0.39, 0.29) is 14.1 Å². The highest BCUT2D eigenvalue weighted by Gasteiger charge is 2.46. The lowest BCUT2D eigenvalue weighted by atomic mass is 9.92. The molecule has 2 aromatic rings. The molecule has 0 spiro atoms. The van der Waals surface area contributed by atoms with Crippen molar-refractivity contribution in [2.24, 2.45) is 0 Å². The van der Waals surface area contributed by atoms with Crippen LogP contribution in [0.1, 0.15) is 11.5 Å². The quantitative estimate of drug-likeness (QED) is 0.782. The molecule has 10 heteroatoms. The van der Waals surface area contributed by atoms with E-state index in [0.29, 0.717) is 11.3 Å². The first-order chi connectivity index (χ1) is 11.1. The van der Waals surface area contributed by atoms with Crippen molar-refractivity contribution in [2.75, 3.05) is 6.61 Å². The molecule has 1 aromatic carbocycles. The molecule has 2 N–H and O–H groups in total. The van der Waals surface area contributed by atoms with Crippen LogP contribution in [-0.2, 0) is 10.0 Å². The Kier molecular flexibility index (Phi) is 5.92. The van der Waals surface area contributed by atoms with Gasteiger partial charge < -0.3 is 5.11 Å². The molecule has 1 aromatic heterocycles. The fourth-order valence-corrected chi connectivity index (χ4v) is 4.96. The van der Waals surface area contributed by atoms with E-state index in [1.165, 1.54) is 36.4 Å². The van der Waals surface area contributed by atoms with E-state index in [0.717, 1.165) is 0 Å². The molecule has 0 aliphatic carbocycles. The van der Waals surface area contributed by atoms with E-state index < -0.39 is 34.8 Å². The monoisotopic (exact) mass is 399 g/mol. The van der Waals surface area contributed by atoms with Gasteiger partial charge >= 0.3 is 6.18 Å². The Bertz CT molecular complexity index is 778. The fourth-order valence-electron chi connectivity index (χ4n) is 2.22. The summed E-state index contributed by atoms with van der Waals surface area (Å²) in [7, 11) is -4.24. The number of aliphatic hydroxyl groups excluding tert-OH is 1. The van der Waals surface area contributed by atoms with Crippen LogP contribution < -0.4 is 4.72 Å². The predicted molar refractivity (Wildman–Crippen MR) is 85.8 cm³/mol. The van der Waals surface area contributed by atoms with Gasteiger partial charge in [-0.3, -0.25) is 0 Å². The molecule has 4 nitrogen and oxygen atoms in total. The largest absolute Gasteiger partial charge is 0.397 e. The second kappa shape index (κ2) is 7.40. The van der Waals surface area contributed by atoms with Crippen LogP contribution in [0.5, 0.6) is 0 Å². The maximum Gasteiger partial charge on any atom is 0.397 e. The highest BCUT2D eigenvalue weighted by Crippen LogP contribution is 2.38. The number of thiophene rings is 1. The van der Waals surface area contributed by atoms with Crippen molar-refractivity contribution in [1.29, 1.82) is 0 Å². The number of halogens is 4. The summed E-state index contributed by atoms with van der Waals surface area (Å²) in [5.74, 6) is -2.19. The van der Waals surface area contributed by atoms with E-state index in [2.05, 4.69) is 0 Å². The molecule has 0 saturated heterocycles. The van der Waals surface area contributed by atoms with Crippen LogP contribution in [-0.4, -0.2) is 32.3 Å². The van der Waals surface area contributed by atoms with Crippen molar-refractivity contribution in [2.45, 2.75) is 22.3 Å². The van der Waals surface area contributed by atoms with Gasteiger partial charge in [0.05, 0.1) is 22.9 Å². The number of hydrogen-bond acceptors (Lipinski definition) is 4. The van der Waals surface area contributed by atoms with Crippen LogP contribution in [0.25, 0.3) is 0 Å². The van der Waals surface area contributed by atoms with Crippen LogP contribution in [0.4, 0.5) is 13.2 Å². The summed E-state index contributed by atoms with van der Waals surface area (Å²) in [6.45, 7) is -1.02. The molecule has 0 saturated carbocycles. The molecule has 0 aliphatic heterocycles. The van der Waals surface area contributed by atoms with E-state index in [4.69, 9.17) is 11.6 Å². The van der Waals surface area contributed by atoms with Crippen LogP contribution in [0, 0.1) is 0 Å². The number of alkyl halides is 3. The first-order valence-corrected chi connectivity index (χ1v) is 9.33. The summed E-state index contributed by atoms with van der Waals surface area (Å²) in [4.78, 5) is 0. The minimum Gasteiger partial charge on any atom is -0.395 e. The number of hydrogen-bond donors (Lipinski definition) is 2. The van der Waals surface area contributed by atoms with Crippen molar-refractivity contribution in [3.8, 4) is 0 Å². The molecule has 2 rings (SSSR count). The third-order valence-corrected chi connectivity index (χ3v) is 6.44. The molecular weight excluding hydrogens is 387 g/mol. The van der Waals surface area contributed by atoms with E-state index in [1.807, 2.05) is 4.72 Å². The average Bonchev–Trinajstić information content (AvgIpc) is 2.93. The number of benzene rings is 1. The number of nitrogens with one attached hydrogen (secondary N) is 1. The second-order valence-corrected chi connectivity index (χ2v) is 8.55. The van der Waals surface area contributed by atoms with Gasteiger partial charge in [0, 0.05) is 0 Å². The van der Waals surface area contributed by atoms with Gasteiger partial charge in [-0.05, 0) is 17.7 Å². The topological polar surface area (TPSA) is 66.4 Å².